The van der Waals surface area contributed by atoms with E-state index < -0.39 is 28.5 Å². The van der Waals surface area contributed by atoms with Gasteiger partial charge in [-0.25, -0.2) is 8.42 Å². The molecule has 0 radical (unpaired) electrons. The highest BCUT2D eigenvalue weighted by Crippen LogP contribution is 2.26. The number of sulfonamides is 1. The molecule has 0 aromatic heterocycles. The lowest BCUT2D eigenvalue weighted by atomic mass is 10.1. The van der Waals surface area contributed by atoms with Crippen molar-refractivity contribution in [2.75, 3.05) is 24.6 Å². The van der Waals surface area contributed by atoms with E-state index in [1.54, 1.807) is 68.6 Å². The number of nitrogens with zero attached hydrogens (tertiary/aromatic N) is 2. The van der Waals surface area contributed by atoms with Gasteiger partial charge in [0.2, 0.25) is 11.8 Å². The highest BCUT2D eigenvalue weighted by atomic mass is 32.2. The Morgan fingerprint density at radius 3 is 2.19 bits per heavy atom. The lowest BCUT2D eigenvalue weighted by molar-refractivity contribution is -0.139. The van der Waals surface area contributed by atoms with Gasteiger partial charge in [0.15, 0.2) is 0 Å². The first-order valence-electron chi connectivity index (χ1n) is 14.0. The number of aryl methyl sites for hydroxylation is 1. The molecule has 9 nitrogen and oxygen atoms in total. The Kier molecular flexibility index (Phi) is 11.4. The van der Waals surface area contributed by atoms with E-state index in [9.17, 15) is 18.0 Å². The number of methoxy groups -OCH3 is 1. The third-order valence-corrected chi connectivity index (χ3v) is 8.77. The van der Waals surface area contributed by atoms with Crippen molar-refractivity contribution in [3.05, 3.63) is 83.9 Å². The van der Waals surface area contributed by atoms with Gasteiger partial charge in [-0.15, -0.1) is 0 Å². The molecule has 0 saturated heterocycles. The molecule has 3 rings (SSSR count). The number of carbonyl (C=O) groups excluding carboxylic acids is 2. The number of hydrogen-bond donors (Lipinski definition) is 1. The molecule has 10 heteroatoms. The van der Waals surface area contributed by atoms with Crippen molar-refractivity contribution in [3.8, 4) is 11.5 Å². The van der Waals surface area contributed by atoms with Crippen molar-refractivity contribution in [1.29, 1.82) is 0 Å². The van der Waals surface area contributed by atoms with Crippen LogP contribution in [-0.4, -0.2) is 57.5 Å². The van der Waals surface area contributed by atoms with E-state index in [-0.39, 0.29) is 23.4 Å². The second-order valence-corrected chi connectivity index (χ2v) is 12.0. The first-order valence-corrected chi connectivity index (χ1v) is 15.5. The van der Waals surface area contributed by atoms with Crippen molar-refractivity contribution in [3.63, 3.8) is 0 Å². The van der Waals surface area contributed by atoms with Gasteiger partial charge in [0.1, 0.15) is 24.1 Å². The number of amides is 2. The van der Waals surface area contributed by atoms with E-state index in [0.717, 1.165) is 21.9 Å². The summed E-state index contributed by atoms with van der Waals surface area (Å²) in [7, 11) is -2.62. The van der Waals surface area contributed by atoms with E-state index in [0.29, 0.717) is 23.8 Å². The van der Waals surface area contributed by atoms with Gasteiger partial charge >= 0.3 is 0 Å². The molecule has 2 unspecified atom stereocenters. The summed E-state index contributed by atoms with van der Waals surface area (Å²) in [6.45, 7) is 9.25. The van der Waals surface area contributed by atoms with Crippen LogP contribution < -0.4 is 19.1 Å². The van der Waals surface area contributed by atoms with Crippen LogP contribution in [0.3, 0.4) is 0 Å². The van der Waals surface area contributed by atoms with Crippen LogP contribution in [0, 0.1) is 6.92 Å². The fraction of sp³-hybridized carbons (Fsp3) is 0.375. The Bertz CT molecular complexity index is 1440. The number of anilines is 1. The molecule has 0 heterocycles. The molecule has 2 atom stereocenters. The topological polar surface area (TPSA) is 105 Å². The maximum atomic E-state index is 14.1. The number of ether oxygens (including phenoxy) is 2. The Morgan fingerprint density at radius 2 is 1.60 bits per heavy atom. The first-order chi connectivity index (χ1) is 20.0. The highest BCUT2D eigenvalue weighted by molar-refractivity contribution is 7.92. The van der Waals surface area contributed by atoms with E-state index in [2.05, 4.69) is 5.32 Å². The van der Waals surface area contributed by atoms with Crippen molar-refractivity contribution in [2.24, 2.45) is 0 Å². The van der Waals surface area contributed by atoms with E-state index >= 15 is 0 Å². The predicted molar refractivity (Wildman–Crippen MR) is 164 cm³/mol. The van der Waals surface area contributed by atoms with Crippen molar-refractivity contribution < 1.29 is 27.5 Å². The van der Waals surface area contributed by atoms with E-state index in [1.807, 2.05) is 33.8 Å². The average Bonchev–Trinajstić information content (AvgIpc) is 2.99. The third kappa shape index (κ3) is 8.25. The number of nitrogens with one attached hydrogen (secondary N) is 1. The van der Waals surface area contributed by atoms with Crippen LogP contribution in [0.25, 0.3) is 0 Å². The summed E-state index contributed by atoms with van der Waals surface area (Å²) in [5, 5.41) is 2.93. The zero-order valence-corrected chi connectivity index (χ0v) is 26.0. The van der Waals surface area contributed by atoms with Gasteiger partial charge in [0.05, 0.1) is 24.3 Å². The molecular formula is C32H41N3O6S. The predicted octanol–water partition coefficient (Wildman–Crippen LogP) is 4.93. The second kappa shape index (κ2) is 14.7. The molecule has 0 bridgehead atoms. The van der Waals surface area contributed by atoms with Crippen LogP contribution in [0.4, 0.5) is 5.69 Å². The van der Waals surface area contributed by atoms with Crippen LogP contribution in [-0.2, 0) is 26.2 Å². The van der Waals surface area contributed by atoms with Gasteiger partial charge in [0, 0.05) is 12.6 Å². The number of benzene rings is 3. The molecule has 226 valence electrons. The van der Waals surface area contributed by atoms with E-state index in [1.165, 1.54) is 17.0 Å². The minimum atomic E-state index is -4.17. The van der Waals surface area contributed by atoms with Crippen LogP contribution in [0.5, 0.6) is 11.5 Å². The molecule has 3 aromatic carbocycles. The van der Waals surface area contributed by atoms with Crippen molar-refractivity contribution in [2.45, 2.75) is 64.6 Å². The van der Waals surface area contributed by atoms with Crippen molar-refractivity contribution >= 4 is 27.5 Å². The molecular weight excluding hydrogens is 554 g/mol. The average molecular weight is 596 g/mol. The molecule has 0 fully saturated rings. The quantitative estimate of drug-likeness (QED) is 0.283. The summed E-state index contributed by atoms with van der Waals surface area (Å²) in [5.41, 5.74) is 2.02. The molecule has 3 aromatic rings. The monoisotopic (exact) mass is 595 g/mol. The summed E-state index contributed by atoms with van der Waals surface area (Å²) in [5.74, 6) is 0.299. The van der Waals surface area contributed by atoms with Crippen LogP contribution in [0.1, 0.15) is 45.2 Å². The third-order valence-electron chi connectivity index (χ3n) is 6.98. The Labute approximate surface area is 249 Å². The summed E-state index contributed by atoms with van der Waals surface area (Å²) in [4.78, 5) is 28.7. The standard InChI is InChI=1S/C32H41N3O6S/c1-7-24(4)33-32(37)25(5)34(21-26-10-9-11-29(20-26)40-6)31(36)22-35(27-14-12-23(3)13-15-27)42(38,39)30-18-16-28(17-19-30)41-8-2/h9-20,24-25H,7-8,21-22H2,1-6H3,(H,33,37). The molecule has 0 aliphatic carbocycles. The van der Waals surface area contributed by atoms with Crippen LogP contribution >= 0.6 is 0 Å². The second-order valence-electron chi connectivity index (χ2n) is 10.1. The molecule has 1 N–H and O–H groups in total. The van der Waals surface area contributed by atoms with E-state index in [4.69, 9.17) is 9.47 Å². The smallest absolute Gasteiger partial charge is 0.264 e. The van der Waals surface area contributed by atoms with Gasteiger partial charge in [-0.1, -0.05) is 36.8 Å². The van der Waals surface area contributed by atoms with Gasteiger partial charge in [-0.2, -0.15) is 0 Å². The zero-order valence-electron chi connectivity index (χ0n) is 25.2. The maximum absolute atomic E-state index is 14.1. The fourth-order valence-corrected chi connectivity index (χ4v) is 5.67. The minimum absolute atomic E-state index is 0.0150. The van der Waals surface area contributed by atoms with Crippen LogP contribution in [0.2, 0.25) is 0 Å². The fourth-order valence-electron chi connectivity index (χ4n) is 4.26. The maximum Gasteiger partial charge on any atom is 0.264 e. The van der Waals surface area contributed by atoms with Gasteiger partial charge in [-0.05, 0) is 88.2 Å². The van der Waals surface area contributed by atoms with Gasteiger partial charge in [-0.3, -0.25) is 13.9 Å². The molecule has 42 heavy (non-hydrogen) atoms. The molecule has 2 amide bonds. The molecule has 0 aliphatic heterocycles. The van der Waals surface area contributed by atoms with Crippen LogP contribution in [0.15, 0.2) is 77.7 Å². The lowest BCUT2D eigenvalue weighted by Gasteiger charge is -2.32. The highest BCUT2D eigenvalue weighted by Gasteiger charge is 2.33. The Hall–Kier alpha value is -4.05. The summed E-state index contributed by atoms with van der Waals surface area (Å²) in [6.07, 6.45) is 0.726. The lowest BCUT2D eigenvalue weighted by Crippen LogP contribution is -2.52. The zero-order chi connectivity index (χ0) is 30.9. The summed E-state index contributed by atoms with van der Waals surface area (Å²) < 4.78 is 39.9. The Morgan fingerprint density at radius 1 is 0.929 bits per heavy atom. The summed E-state index contributed by atoms with van der Waals surface area (Å²) in [6, 6.07) is 19.3. The number of rotatable bonds is 14. The molecule has 0 saturated carbocycles. The SMILES string of the molecule is CCOc1ccc(S(=O)(=O)N(CC(=O)N(Cc2cccc(OC)c2)C(C)C(=O)NC(C)CC)c2ccc(C)cc2)cc1. The number of carbonyl (C=O) groups is 2. The van der Waals surface area contributed by atoms with Gasteiger partial charge < -0.3 is 19.7 Å². The largest absolute Gasteiger partial charge is 0.497 e. The number of hydrogen-bond acceptors (Lipinski definition) is 6. The van der Waals surface area contributed by atoms with Crippen molar-refractivity contribution in [1.82, 2.24) is 10.2 Å². The van der Waals surface area contributed by atoms with Gasteiger partial charge in [0.25, 0.3) is 10.0 Å². The normalized spacial score (nSPS) is 12.6. The first kappa shape index (κ1) is 32.5. The molecule has 0 spiro atoms. The minimum Gasteiger partial charge on any atom is -0.497 e. The Balaban J connectivity index is 2.02. The molecule has 0 aliphatic rings. The summed E-state index contributed by atoms with van der Waals surface area (Å²) >= 11 is 0.